The molecule has 1 aromatic carbocycles. The van der Waals surface area contributed by atoms with Gasteiger partial charge in [-0.1, -0.05) is 25.4 Å². The van der Waals surface area contributed by atoms with Crippen LogP contribution in [0.2, 0.25) is 5.15 Å². The maximum Gasteiger partial charge on any atom is 0.161 e. The van der Waals surface area contributed by atoms with Crippen molar-refractivity contribution in [1.29, 1.82) is 0 Å². The first kappa shape index (κ1) is 14.5. The summed E-state index contributed by atoms with van der Waals surface area (Å²) in [6.07, 6.45) is 0. The third-order valence-corrected chi connectivity index (χ3v) is 4.39. The van der Waals surface area contributed by atoms with E-state index in [4.69, 9.17) is 16.3 Å². The molecule has 0 spiro atoms. The SMILES string of the molecule is COc1ccc(-c2nc(Cl)c(I)c(C(C)C)n2)cc1. The fourth-order valence-electron chi connectivity index (χ4n) is 1.69. The van der Waals surface area contributed by atoms with Crippen LogP contribution in [-0.2, 0) is 0 Å². The first-order valence-electron chi connectivity index (χ1n) is 5.90. The Hall–Kier alpha value is -0.880. The van der Waals surface area contributed by atoms with Crippen molar-refractivity contribution in [1.82, 2.24) is 9.97 Å². The van der Waals surface area contributed by atoms with Crippen molar-refractivity contribution >= 4 is 34.2 Å². The molecule has 2 aromatic rings. The molecule has 0 unspecified atom stereocenters. The van der Waals surface area contributed by atoms with Crippen molar-refractivity contribution in [3.05, 3.63) is 38.7 Å². The summed E-state index contributed by atoms with van der Waals surface area (Å²) in [5.41, 5.74) is 1.91. The van der Waals surface area contributed by atoms with Gasteiger partial charge in [0.15, 0.2) is 5.82 Å². The molecule has 2 rings (SSSR count). The number of benzene rings is 1. The van der Waals surface area contributed by atoms with Gasteiger partial charge in [0.1, 0.15) is 10.9 Å². The lowest BCUT2D eigenvalue weighted by atomic mass is 10.1. The van der Waals surface area contributed by atoms with Gasteiger partial charge in [-0.05, 0) is 52.8 Å². The van der Waals surface area contributed by atoms with Crippen molar-refractivity contribution in [3.8, 4) is 17.1 Å². The summed E-state index contributed by atoms with van der Waals surface area (Å²) in [7, 11) is 1.64. The van der Waals surface area contributed by atoms with Gasteiger partial charge in [0.25, 0.3) is 0 Å². The Bertz CT molecular complexity index is 585. The Morgan fingerprint density at radius 3 is 2.32 bits per heavy atom. The highest BCUT2D eigenvalue weighted by Crippen LogP contribution is 2.28. The molecular weight excluding hydrogens is 375 g/mol. The molecule has 5 heteroatoms. The zero-order chi connectivity index (χ0) is 14.0. The largest absolute Gasteiger partial charge is 0.497 e. The average molecular weight is 389 g/mol. The van der Waals surface area contributed by atoms with Gasteiger partial charge >= 0.3 is 0 Å². The Morgan fingerprint density at radius 1 is 1.16 bits per heavy atom. The van der Waals surface area contributed by atoms with E-state index in [1.807, 2.05) is 24.3 Å². The van der Waals surface area contributed by atoms with Gasteiger partial charge in [-0.3, -0.25) is 0 Å². The van der Waals surface area contributed by atoms with E-state index in [-0.39, 0.29) is 0 Å². The molecule has 0 fully saturated rings. The van der Waals surface area contributed by atoms with Crippen LogP contribution in [-0.4, -0.2) is 17.1 Å². The fraction of sp³-hybridized carbons (Fsp3) is 0.286. The van der Waals surface area contributed by atoms with Gasteiger partial charge in [0, 0.05) is 5.56 Å². The maximum atomic E-state index is 6.19. The third kappa shape index (κ3) is 3.17. The summed E-state index contributed by atoms with van der Waals surface area (Å²) in [6.45, 7) is 4.19. The van der Waals surface area contributed by atoms with Crippen molar-refractivity contribution in [2.75, 3.05) is 7.11 Å². The average Bonchev–Trinajstić information content (AvgIpc) is 2.41. The minimum absolute atomic E-state index is 0.310. The highest BCUT2D eigenvalue weighted by molar-refractivity contribution is 14.1. The standard InChI is InChI=1S/C14H14ClIN2O/c1-8(2)12-11(16)13(15)18-14(17-12)9-4-6-10(19-3)7-5-9/h4-8H,1-3H3. The molecule has 0 saturated heterocycles. The van der Waals surface area contributed by atoms with Gasteiger partial charge in [0.05, 0.1) is 16.4 Å². The predicted octanol–water partition coefficient (Wildman–Crippen LogP) is 4.53. The molecule has 0 radical (unpaired) electrons. The van der Waals surface area contributed by atoms with Crippen molar-refractivity contribution in [3.63, 3.8) is 0 Å². The normalized spacial score (nSPS) is 10.8. The first-order chi connectivity index (χ1) is 9.02. The summed E-state index contributed by atoms with van der Waals surface area (Å²) in [5, 5.41) is 0.505. The van der Waals surface area contributed by atoms with Gasteiger partial charge in [-0.2, -0.15) is 0 Å². The summed E-state index contributed by atoms with van der Waals surface area (Å²) in [5.74, 6) is 1.77. The highest BCUT2D eigenvalue weighted by atomic mass is 127. The second-order valence-corrected chi connectivity index (χ2v) is 5.86. The number of hydrogen-bond acceptors (Lipinski definition) is 3. The quantitative estimate of drug-likeness (QED) is 0.572. The van der Waals surface area contributed by atoms with Gasteiger partial charge < -0.3 is 4.74 Å². The molecule has 0 amide bonds. The molecule has 0 atom stereocenters. The molecular formula is C14H14ClIN2O. The molecule has 0 aliphatic heterocycles. The first-order valence-corrected chi connectivity index (χ1v) is 7.36. The number of methoxy groups -OCH3 is 1. The van der Waals surface area contributed by atoms with E-state index in [1.54, 1.807) is 7.11 Å². The molecule has 19 heavy (non-hydrogen) atoms. The van der Waals surface area contributed by atoms with Crippen LogP contribution in [0.1, 0.15) is 25.5 Å². The molecule has 0 saturated carbocycles. The van der Waals surface area contributed by atoms with E-state index in [0.29, 0.717) is 16.9 Å². The smallest absolute Gasteiger partial charge is 0.161 e. The summed E-state index contributed by atoms with van der Waals surface area (Å²) in [6, 6.07) is 7.64. The number of rotatable bonds is 3. The van der Waals surface area contributed by atoms with E-state index in [1.165, 1.54) is 0 Å². The maximum absolute atomic E-state index is 6.19. The second-order valence-electron chi connectivity index (χ2n) is 4.42. The summed E-state index contributed by atoms with van der Waals surface area (Å²) >= 11 is 8.38. The van der Waals surface area contributed by atoms with Gasteiger partial charge in [-0.25, -0.2) is 9.97 Å². The summed E-state index contributed by atoms with van der Waals surface area (Å²) < 4.78 is 6.06. The zero-order valence-electron chi connectivity index (χ0n) is 10.9. The molecule has 0 aliphatic rings. The summed E-state index contributed by atoms with van der Waals surface area (Å²) in [4.78, 5) is 8.96. The number of hydrogen-bond donors (Lipinski definition) is 0. The van der Waals surface area contributed by atoms with Crippen molar-refractivity contribution < 1.29 is 4.74 Å². The van der Waals surface area contributed by atoms with E-state index in [9.17, 15) is 0 Å². The van der Waals surface area contributed by atoms with Crippen LogP contribution in [0.25, 0.3) is 11.4 Å². The lowest BCUT2D eigenvalue weighted by Gasteiger charge is -2.11. The van der Waals surface area contributed by atoms with Crippen molar-refractivity contribution in [2.45, 2.75) is 19.8 Å². The predicted molar refractivity (Wildman–Crippen MR) is 85.8 cm³/mol. The third-order valence-electron chi connectivity index (χ3n) is 2.73. The molecule has 1 aromatic heterocycles. The van der Waals surface area contributed by atoms with Crippen LogP contribution in [0.4, 0.5) is 0 Å². The van der Waals surface area contributed by atoms with Crippen molar-refractivity contribution in [2.24, 2.45) is 0 Å². The van der Waals surface area contributed by atoms with E-state index in [0.717, 1.165) is 20.6 Å². The monoisotopic (exact) mass is 388 g/mol. The molecule has 0 aliphatic carbocycles. The van der Waals surface area contributed by atoms with Crippen LogP contribution in [0.5, 0.6) is 5.75 Å². The van der Waals surface area contributed by atoms with Crippen LogP contribution in [0, 0.1) is 3.57 Å². The number of nitrogens with zero attached hydrogens (tertiary/aromatic N) is 2. The number of ether oxygens (including phenoxy) is 1. The fourth-order valence-corrected chi connectivity index (χ4v) is 2.73. The Morgan fingerprint density at radius 2 is 1.79 bits per heavy atom. The topological polar surface area (TPSA) is 35.0 Å². The molecule has 100 valence electrons. The van der Waals surface area contributed by atoms with E-state index >= 15 is 0 Å². The molecule has 0 N–H and O–H groups in total. The Kier molecular flexibility index (Phi) is 4.62. The Balaban J connectivity index is 2.49. The van der Waals surface area contributed by atoms with Gasteiger partial charge in [-0.15, -0.1) is 0 Å². The lowest BCUT2D eigenvalue weighted by Crippen LogP contribution is -2.02. The molecule has 0 bridgehead atoms. The highest BCUT2D eigenvalue weighted by Gasteiger charge is 2.14. The van der Waals surface area contributed by atoms with Gasteiger partial charge in [0.2, 0.25) is 0 Å². The second kappa shape index (κ2) is 6.05. The van der Waals surface area contributed by atoms with E-state index < -0.39 is 0 Å². The zero-order valence-corrected chi connectivity index (χ0v) is 13.9. The minimum Gasteiger partial charge on any atom is -0.497 e. The van der Waals surface area contributed by atoms with E-state index in [2.05, 4.69) is 46.4 Å². The number of aromatic nitrogens is 2. The van der Waals surface area contributed by atoms with Crippen LogP contribution < -0.4 is 4.74 Å². The van der Waals surface area contributed by atoms with Crippen LogP contribution >= 0.6 is 34.2 Å². The van der Waals surface area contributed by atoms with Crippen LogP contribution in [0.3, 0.4) is 0 Å². The number of halogens is 2. The van der Waals surface area contributed by atoms with Crippen LogP contribution in [0.15, 0.2) is 24.3 Å². The lowest BCUT2D eigenvalue weighted by molar-refractivity contribution is 0.415. The molecule has 3 nitrogen and oxygen atoms in total. The Labute approximate surface area is 131 Å². The molecule has 1 heterocycles. The minimum atomic E-state index is 0.310.